The molecule has 2 aliphatic heterocycles. The highest BCUT2D eigenvalue weighted by Crippen LogP contribution is 2.31. The molecular formula is C5H9BN2. The molecule has 2 rings (SSSR count). The Morgan fingerprint density at radius 1 is 1.38 bits per heavy atom. The van der Waals surface area contributed by atoms with E-state index in [0.29, 0.717) is 5.41 Å². The zero-order chi connectivity index (χ0) is 5.61. The van der Waals surface area contributed by atoms with Crippen LogP contribution in [-0.2, 0) is 0 Å². The third-order valence-electron chi connectivity index (χ3n) is 2.08. The molecule has 1 spiro atoms. The van der Waals surface area contributed by atoms with Crippen molar-refractivity contribution in [2.75, 3.05) is 26.2 Å². The summed E-state index contributed by atoms with van der Waals surface area (Å²) in [7, 11) is 5.47. The van der Waals surface area contributed by atoms with Crippen LogP contribution in [0.2, 0.25) is 0 Å². The summed E-state index contributed by atoms with van der Waals surface area (Å²) in [6.45, 7) is 4.56. The molecule has 3 heteroatoms. The van der Waals surface area contributed by atoms with Crippen LogP contribution in [0.25, 0.3) is 0 Å². The van der Waals surface area contributed by atoms with Crippen molar-refractivity contribution in [1.29, 1.82) is 0 Å². The largest absolute Gasteiger partial charge is 0.352 e. The maximum absolute atomic E-state index is 5.47. The average Bonchev–Trinajstić information content (AvgIpc) is 1.51. The van der Waals surface area contributed by atoms with Gasteiger partial charge in [0.25, 0.3) is 0 Å². The Bertz CT molecular complexity index is 103. The fraction of sp³-hybridized carbons (Fsp3) is 1.00. The molecule has 0 aliphatic carbocycles. The molecule has 2 saturated heterocycles. The molecule has 0 aromatic carbocycles. The van der Waals surface area contributed by atoms with Gasteiger partial charge in [-0.3, -0.25) is 0 Å². The van der Waals surface area contributed by atoms with Crippen LogP contribution in [-0.4, -0.2) is 39.0 Å². The Balaban J connectivity index is 1.92. The van der Waals surface area contributed by atoms with E-state index >= 15 is 0 Å². The van der Waals surface area contributed by atoms with Gasteiger partial charge in [-0.15, -0.1) is 0 Å². The number of hydrogen-bond acceptors (Lipinski definition) is 2. The second-order valence-corrected chi connectivity index (χ2v) is 3.01. The smallest absolute Gasteiger partial charge is 0.182 e. The molecule has 2 heterocycles. The van der Waals surface area contributed by atoms with Gasteiger partial charge in [-0.1, -0.05) is 0 Å². The lowest BCUT2D eigenvalue weighted by molar-refractivity contribution is 0.0173. The Labute approximate surface area is 50.7 Å². The fourth-order valence-corrected chi connectivity index (χ4v) is 1.52. The third kappa shape index (κ3) is 0.460. The van der Waals surface area contributed by atoms with E-state index in [1.54, 1.807) is 0 Å². The van der Waals surface area contributed by atoms with Gasteiger partial charge in [0, 0.05) is 18.5 Å². The Hall–Kier alpha value is -0.0151. The van der Waals surface area contributed by atoms with Gasteiger partial charge < -0.3 is 10.1 Å². The molecule has 2 nitrogen and oxygen atoms in total. The van der Waals surface area contributed by atoms with Gasteiger partial charge in [-0.25, -0.2) is 0 Å². The molecule has 42 valence electrons. The van der Waals surface area contributed by atoms with Crippen molar-refractivity contribution < 1.29 is 0 Å². The average molecular weight is 108 g/mol. The summed E-state index contributed by atoms with van der Waals surface area (Å²) in [5, 5.41) is 3.24. The summed E-state index contributed by atoms with van der Waals surface area (Å²) in [6, 6.07) is 0. The Kier molecular flexibility index (Phi) is 0.772. The molecular weight excluding hydrogens is 98.9 g/mol. The summed E-state index contributed by atoms with van der Waals surface area (Å²) in [5.41, 5.74) is 0.606. The molecule has 2 aliphatic rings. The summed E-state index contributed by atoms with van der Waals surface area (Å²) in [6.07, 6.45) is 0. The maximum Gasteiger partial charge on any atom is 0.182 e. The van der Waals surface area contributed by atoms with E-state index in [9.17, 15) is 0 Å². The monoisotopic (exact) mass is 108 g/mol. The number of nitrogens with zero attached hydrogens (tertiary/aromatic N) is 1. The van der Waals surface area contributed by atoms with Crippen molar-refractivity contribution in [3.63, 3.8) is 0 Å². The second-order valence-electron chi connectivity index (χ2n) is 3.01. The van der Waals surface area contributed by atoms with Crippen LogP contribution < -0.4 is 5.32 Å². The van der Waals surface area contributed by atoms with Crippen molar-refractivity contribution in [3.8, 4) is 0 Å². The van der Waals surface area contributed by atoms with E-state index in [1.165, 1.54) is 13.1 Å². The van der Waals surface area contributed by atoms with Gasteiger partial charge in [0.05, 0.1) is 0 Å². The first-order valence-corrected chi connectivity index (χ1v) is 3.01. The first kappa shape index (κ1) is 4.83. The van der Waals surface area contributed by atoms with Crippen molar-refractivity contribution in [2.45, 2.75) is 0 Å². The van der Waals surface area contributed by atoms with Crippen LogP contribution in [0.4, 0.5) is 0 Å². The molecule has 0 aromatic rings. The van der Waals surface area contributed by atoms with E-state index in [-0.39, 0.29) is 0 Å². The van der Waals surface area contributed by atoms with Gasteiger partial charge in [0.2, 0.25) is 0 Å². The predicted octanol–water partition coefficient (Wildman–Crippen LogP) is -1.02. The molecule has 0 atom stereocenters. The van der Waals surface area contributed by atoms with Crippen LogP contribution in [0.15, 0.2) is 0 Å². The fourth-order valence-electron chi connectivity index (χ4n) is 1.52. The van der Waals surface area contributed by atoms with Gasteiger partial charge >= 0.3 is 0 Å². The topological polar surface area (TPSA) is 15.3 Å². The van der Waals surface area contributed by atoms with Gasteiger partial charge in [0.1, 0.15) is 0 Å². The zero-order valence-corrected chi connectivity index (χ0v) is 4.85. The first-order valence-electron chi connectivity index (χ1n) is 3.01. The summed E-state index contributed by atoms with van der Waals surface area (Å²) < 4.78 is 0. The minimum absolute atomic E-state index is 0.606. The highest BCUT2D eigenvalue weighted by molar-refractivity contribution is 6.05. The SMILES string of the molecule is [B]N1CC2(CNC2)C1. The van der Waals surface area contributed by atoms with Crippen LogP contribution in [0.5, 0.6) is 0 Å². The van der Waals surface area contributed by atoms with Gasteiger partial charge in [-0.05, 0) is 13.1 Å². The standard InChI is InChI=1S/C5H9BN2/c6-8-3-5(4-8)1-7-2-5/h7H,1-4H2. The van der Waals surface area contributed by atoms with Crippen LogP contribution in [0, 0.1) is 5.41 Å². The molecule has 0 unspecified atom stereocenters. The molecule has 2 radical (unpaired) electrons. The van der Waals surface area contributed by atoms with Crippen molar-refractivity contribution in [1.82, 2.24) is 10.1 Å². The lowest BCUT2D eigenvalue weighted by atomic mass is 9.73. The third-order valence-corrected chi connectivity index (χ3v) is 2.08. The number of rotatable bonds is 0. The number of hydrogen-bond donors (Lipinski definition) is 1. The van der Waals surface area contributed by atoms with E-state index in [4.69, 9.17) is 7.98 Å². The lowest BCUT2D eigenvalue weighted by Crippen LogP contribution is -2.70. The van der Waals surface area contributed by atoms with Gasteiger partial charge in [0.15, 0.2) is 7.98 Å². The zero-order valence-electron chi connectivity index (χ0n) is 4.85. The number of nitrogens with one attached hydrogen (secondary N) is 1. The highest BCUT2D eigenvalue weighted by atomic mass is 15.2. The normalized spacial score (nSPS) is 34.0. The maximum atomic E-state index is 5.47. The van der Waals surface area contributed by atoms with Crippen molar-refractivity contribution in [3.05, 3.63) is 0 Å². The Morgan fingerprint density at radius 3 is 2.12 bits per heavy atom. The van der Waals surface area contributed by atoms with E-state index < -0.39 is 0 Å². The summed E-state index contributed by atoms with van der Waals surface area (Å²) >= 11 is 0. The molecule has 0 amide bonds. The van der Waals surface area contributed by atoms with E-state index in [1.807, 2.05) is 4.81 Å². The predicted molar refractivity (Wildman–Crippen MR) is 32.6 cm³/mol. The Morgan fingerprint density at radius 2 is 2.00 bits per heavy atom. The first-order chi connectivity index (χ1) is 3.81. The highest BCUT2D eigenvalue weighted by Gasteiger charge is 2.44. The minimum Gasteiger partial charge on any atom is -0.352 e. The van der Waals surface area contributed by atoms with Crippen molar-refractivity contribution in [2.24, 2.45) is 5.41 Å². The minimum atomic E-state index is 0.606. The molecule has 8 heavy (non-hydrogen) atoms. The summed E-state index contributed by atoms with van der Waals surface area (Å²) in [4.78, 5) is 1.88. The van der Waals surface area contributed by atoms with Crippen LogP contribution in [0.1, 0.15) is 0 Å². The van der Waals surface area contributed by atoms with Gasteiger partial charge in [-0.2, -0.15) is 0 Å². The molecule has 0 aromatic heterocycles. The molecule has 0 saturated carbocycles. The quantitative estimate of drug-likeness (QED) is 0.399. The van der Waals surface area contributed by atoms with Crippen molar-refractivity contribution >= 4 is 7.98 Å². The van der Waals surface area contributed by atoms with E-state index in [2.05, 4.69) is 5.32 Å². The van der Waals surface area contributed by atoms with Crippen LogP contribution >= 0.6 is 0 Å². The van der Waals surface area contributed by atoms with E-state index in [0.717, 1.165) is 13.1 Å². The lowest BCUT2D eigenvalue weighted by Gasteiger charge is -2.55. The molecule has 1 N–H and O–H groups in total. The second kappa shape index (κ2) is 1.28. The van der Waals surface area contributed by atoms with Crippen LogP contribution in [0.3, 0.4) is 0 Å². The molecule has 2 fully saturated rings. The summed E-state index contributed by atoms with van der Waals surface area (Å²) in [5.74, 6) is 0. The molecule has 0 bridgehead atoms.